The maximum Gasteiger partial charge on any atom is 0.317 e. The topological polar surface area (TPSA) is 61.4 Å². The van der Waals surface area contributed by atoms with Crippen molar-refractivity contribution in [2.24, 2.45) is 0 Å². The lowest BCUT2D eigenvalue weighted by molar-refractivity contribution is 0.186. The summed E-state index contributed by atoms with van der Waals surface area (Å²) in [7, 11) is 0. The molecule has 148 valence electrons. The van der Waals surface area contributed by atoms with Gasteiger partial charge in [0.25, 0.3) is 0 Å². The van der Waals surface area contributed by atoms with E-state index in [1.165, 1.54) is 0 Å². The van der Waals surface area contributed by atoms with Gasteiger partial charge in [-0.25, -0.2) is 4.79 Å². The standard InChI is InChI=1S/C23H25N5O/c1-18-17-27(13-14-28(18)22-7-11-25-12-8-22)23(29)26-16-19-3-2-4-21(15-19)20-5-9-24-10-6-20/h2-12,15,18H,13-14,16-17H2,1H3,(H,26,29). The number of piperazine rings is 1. The van der Waals surface area contributed by atoms with Crippen LogP contribution in [-0.2, 0) is 6.54 Å². The van der Waals surface area contributed by atoms with Crippen LogP contribution >= 0.6 is 0 Å². The van der Waals surface area contributed by atoms with Gasteiger partial charge in [-0.15, -0.1) is 0 Å². The van der Waals surface area contributed by atoms with Crippen molar-refractivity contribution in [3.8, 4) is 11.1 Å². The SMILES string of the molecule is CC1CN(C(=O)NCc2cccc(-c3ccncc3)c2)CCN1c1ccncc1. The Morgan fingerprint density at radius 2 is 1.72 bits per heavy atom. The molecule has 6 nitrogen and oxygen atoms in total. The van der Waals surface area contributed by atoms with Crippen LogP contribution in [0.5, 0.6) is 0 Å². The molecule has 1 aromatic carbocycles. The summed E-state index contributed by atoms with van der Waals surface area (Å²) in [5.41, 5.74) is 4.48. The second-order valence-corrected chi connectivity index (χ2v) is 7.29. The first-order valence-corrected chi connectivity index (χ1v) is 9.89. The Hall–Kier alpha value is -3.41. The lowest BCUT2D eigenvalue weighted by atomic mass is 10.0. The quantitative estimate of drug-likeness (QED) is 0.744. The average Bonchev–Trinajstić information content (AvgIpc) is 2.79. The number of carbonyl (C=O) groups is 1. The maximum absolute atomic E-state index is 12.7. The molecule has 1 N–H and O–H groups in total. The minimum atomic E-state index is -0.0134. The van der Waals surface area contributed by atoms with Crippen LogP contribution in [0, 0.1) is 0 Å². The molecule has 1 atom stereocenters. The van der Waals surface area contributed by atoms with Crippen LogP contribution in [0.15, 0.2) is 73.3 Å². The molecule has 0 aliphatic carbocycles. The highest BCUT2D eigenvalue weighted by molar-refractivity contribution is 5.75. The molecule has 1 fully saturated rings. The van der Waals surface area contributed by atoms with E-state index in [2.05, 4.69) is 39.2 Å². The normalized spacial score (nSPS) is 16.5. The number of nitrogens with one attached hydrogen (secondary N) is 1. The van der Waals surface area contributed by atoms with Crippen LogP contribution < -0.4 is 10.2 Å². The third-order valence-electron chi connectivity index (χ3n) is 5.29. The highest BCUT2D eigenvalue weighted by atomic mass is 16.2. The fraction of sp³-hybridized carbons (Fsp3) is 0.261. The van der Waals surface area contributed by atoms with Crippen LogP contribution in [0.1, 0.15) is 12.5 Å². The van der Waals surface area contributed by atoms with E-state index in [1.54, 1.807) is 24.8 Å². The Morgan fingerprint density at radius 1 is 1.00 bits per heavy atom. The summed E-state index contributed by atoms with van der Waals surface area (Å²) in [6, 6.07) is 16.5. The molecular weight excluding hydrogens is 362 g/mol. The number of carbonyl (C=O) groups excluding carboxylic acids is 1. The van der Waals surface area contributed by atoms with Crippen LogP contribution in [0.4, 0.5) is 10.5 Å². The second kappa shape index (κ2) is 8.73. The van der Waals surface area contributed by atoms with Crippen molar-refractivity contribution < 1.29 is 4.79 Å². The molecule has 3 heterocycles. The smallest absolute Gasteiger partial charge is 0.317 e. The summed E-state index contributed by atoms with van der Waals surface area (Å²) in [6.45, 7) is 4.88. The molecule has 0 saturated carbocycles. The number of hydrogen-bond acceptors (Lipinski definition) is 4. The van der Waals surface area contributed by atoms with Crippen LogP contribution in [0.2, 0.25) is 0 Å². The molecule has 6 heteroatoms. The number of amides is 2. The molecule has 4 rings (SSSR count). The summed E-state index contributed by atoms with van der Waals surface area (Å²) < 4.78 is 0. The van der Waals surface area contributed by atoms with Crippen molar-refractivity contribution in [3.63, 3.8) is 0 Å². The maximum atomic E-state index is 12.7. The molecule has 0 spiro atoms. The predicted octanol–water partition coefficient (Wildman–Crippen LogP) is 3.56. The first-order valence-electron chi connectivity index (χ1n) is 9.89. The number of rotatable bonds is 4. The highest BCUT2D eigenvalue weighted by Gasteiger charge is 2.26. The lowest BCUT2D eigenvalue weighted by Crippen LogP contribution is -2.55. The fourth-order valence-corrected chi connectivity index (χ4v) is 3.76. The number of aromatic nitrogens is 2. The molecule has 1 saturated heterocycles. The van der Waals surface area contributed by atoms with E-state index >= 15 is 0 Å². The van der Waals surface area contributed by atoms with E-state index in [0.717, 1.165) is 28.9 Å². The molecule has 0 bridgehead atoms. The first-order chi connectivity index (χ1) is 14.2. The largest absolute Gasteiger partial charge is 0.365 e. The van der Waals surface area contributed by atoms with Gasteiger partial charge in [0.15, 0.2) is 0 Å². The van der Waals surface area contributed by atoms with Crippen LogP contribution in [0.25, 0.3) is 11.1 Å². The Morgan fingerprint density at radius 3 is 2.45 bits per heavy atom. The van der Waals surface area contributed by atoms with Gasteiger partial charge in [-0.1, -0.05) is 18.2 Å². The zero-order valence-corrected chi connectivity index (χ0v) is 16.5. The molecule has 2 amide bonds. The van der Waals surface area contributed by atoms with Crippen molar-refractivity contribution >= 4 is 11.7 Å². The van der Waals surface area contributed by atoms with E-state index in [4.69, 9.17) is 0 Å². The number of pyridine rings is 2. The fourth-order valence-electron chi connectivity index (χ4n) is 3.76. The molecular formula is C23H25N5O. The third kappa shape index (κ3) is 4.54. The minimum absolute atomic E-state index is 0.0134. The zero-order valence-electron chi connectivity index (χ0n) is 16.5. The predicted molar refractivity (Wildman–Crippen MR) is 115 cm³/mol. The summed E-state index contributed by atoms with van der Waals surface area (Å²) in [5, 5.41) is 3.07. The Kier molecular flexibility index (Phi) is 5.70. The number of hydrogen-bond donors (Lipinski definition) is 1. The second-order valence-electron chi connectivity index (χ2n) is 7.29. The first kappa shape index (κ1) is 18.9. The molecule has 1 unspecified atom stereocenters. The molecule has 29 heavy (non-hydrogen) atoms. The van der Waals surface area contributed by atoms with Gasteiger partial charge in [-0.2, -0.15) is 0 Å². The Labute approximate surface area is 171 Å². The lowest BCUT2D eigenvalue weighted by Gasteiger charge is -2.41. The van der Waals surface area contributed by atoms with E-state index in [1.807, 2.05) is 41.3 Å². The van der Waals surface area contributed by atoms with Gasteiger partial charge < -0.3 is 15.1 Å². The summed E-state index contributed by atoms with van der Waals surface area (Å²) in [6.07, 6.45) is 7.19. The van der Waals surface area contributed by atoms with Gasteiger partial charge >= 0.3 is 6.03 Å². The van der Waals surface area contributed by atoms with Gasteiger partial charge in [0.2, 0.25) is 0 Å². The average molecular weight is 387 g/mol. The summed E-state index contributed by atoms with van der Waals surface area (Å²) in [5.74, 6) is 0. The van der Waals surface area contributed by atoms with E-state index < -0.39 is 0 Å². The Balaban J connectivity index is 1.34. The number of anilines is 1. The summed E-state index contributed by atoms with van der Waals surface area (Å²) >= 11 is 0. The van der Waals surface area contributed by atoms with E-state index in [0.29, 0.717) is 19.6 Å². The van der Waals surface area contributed by atoms with Crippen molar-refractivity contribution in [1.82, 2.24) is 20.2 Å². The number of nitrogens with zero attached hydrogens (tertiary/aromatic N) is 4. The van der Waals surface area contributed by atoms with Crippen LogP contribution in [-0.4, -0.2) is 46.6 Å². The zero-order chi connectivity index (χ0) is 20.1. The van der Waals surface area contributed by atoms with Gasteiger partial charge in [-0.3, -0.25) is 9.97 Å². The van der Waals surface area contributed by atoms with Crippen molar-refractivity contribution in [1.29, 1.82) is 0 Å². The van der Waals surface area contributed by atoms with Crippen LogP contribution in [0.3, 0.4) is 0 Å². The van der Waals surface area contributed by atoms with Crippen molar-refractivity contribution in [3.05, 3.63) is 78.9 Å². The third-order valence-corrected chi connectivity index (χ3v) is 5.29. The van der Waals surface area contributed by atoms with Crippen molar-refractivity contribution in [2.75, 3.05) is 24.5 Å². The highest BCUT2D eigenvalue weighted by Crippen LogP contribution is 2.21. The van der Waals surface area contributed by atoms with Crippen molar-refractivity contribution in [2.45, 2.75) is 19.5 Å². The van der Waals surface area contributed by atoms with Gasteiger partial charge in [0.1, 0.15) is 0 Å². The molecule has 0 radical (unpaired) electrons. The Bertz CT molecular complexity index is 948. The van der Waals surface area contributed by atoms with Gasteiger partial charge in [-0.05, 0) is 53.9 Å². The molecule has 3 aromatic rings. The van der Waals surface area contributed by atoms with Gasteiger partial charge in [0.05, 0.1) is 0 Å². The number of urea groups is 1. The number of benzene rings is 1. The molecule has 2 aromatic heterocycles. The van der Waals surface area contributed by atoms with Gasteiger partial charge in [0, 0.05) is 62.7 Å². The molecule has 1 aliphatic heterocycles. The van der Waals surface area contributed by atoms with E-state index in [-0.39, 0.29) is 12.1 Å². The minimum Gasteiger partial charge on any atom is -0.365 e. The molecule has 1 aliphatic rings. The monoisotopic (exact) mass is 387 g/mol. The van der Waals surface area contributed by atoms with E-state index in [9.17, 15) is 4.79 Å². The summed E-state index contributed by atoms with van der Waals surface area (Å²) in [4.78, 5) is 25.1.